The Balaban J connectivity index is 4.45. The number of rotatable bonds is 35. The molecule has 0 amide bonds. The van der Waals surface area contributed by atoms with Crippen LogP contribution in [0.2, 0.25) is 0 Å². The third-order valence-corrected chi connectivity index (χ3v) is 8.63. The van der Waals surface area contributed by atoms with Crippen LogP contribution in [0.5, 0.6) is 0 Å². The monoisotopic (exact) mass is 761 g/mol. The fourth-order valence-corrected chi connectivity index (χ4v) is 5.35. The largest absolute Gasteiger partial charge is 0.472 e. The van der Waals surface area contributed by atoms with Crippen molar-refractivity contribution in [2.45, 2.75) is 123 Å². The predicted octanol–water partition coefficient (Wildman–Crippen LogP) is 11.5. The van der Waals surface area contributed by atoms with Crippen LogP contribution in [-0.2, 0) is 27.9 Å². The summed E-state index contributed by atoms with van der Waals surface area (Å²) in [6.07, 6.45) is 48.8. The van der Waals surface area contributed by atoms with Crippen molar-refractivity contribution in [3.8, 4) is 0 Å². The van der Waals surface area contributed by atoms with E-state index in [2.05, 4.69) is 111 Å². The van der Waals surface area contributed by atoms with Crippen molar-refractivity contribution in [2.75, 3.05) is 54.1 Å². The maximum absolute atomic E-state index is 12.6. The third-order valence-electron chi connectivity index (χ3n) is 7.64. The number of phosphoric ester groups is 1. The first-order valence-electron chi connectivity index (χ1n) is 20.0. The van der Waals surface area contributed by atoms with Crippen LogP contribution < -0.4 is 0 Å². The summed E-state index contributed by atoms with van der Waals surface area (Å²) in [4.78, 5) is 22.8. The van der Waals surface area contributed by atoms with Crippen LogP contribution in [-0.4, -0.2) is 75.6 Å². The summed E-state index contributed by atoms with van der Waals surface area (Å²) >= 11 is 0. The van der Waals surface area contributed by atoms with Gasteiger partial charge >= 0.3 is 13.8 Å². The fourth-order valence-electron chi connectivity index (χ4n) is 4.60. The summed E-state index contributed by atoms with van der Waals surface area (Å²) in [7, 11) is 1.59. The zero-order valence-corrected chi connectivity index (χ0v) is 34.8. The first-order valence-corrected chi connectivity index (χ1v) is 21.5. The number of quaternary nitrogens is 1. The topological polar surface area (TPSA) is 91.3 Å². The second-order valence-electron chi connectivity index (χ2n) is 13.9. The van der Waals surface area contributed by atoms with E-state index in [1.165, 1.54) is 0 Å². The highest BCUT2D eigenvalue weighted by molar-refractivity contribution is 7.47. The van der Waals surface area contributed by atoms with E-state index < -0.39 is 13.9 Å². The Morgan fingerprint density at radius 3 is 1.53 bits per heavy atom. The van der Waals surface area contributed by atoms with Crippen molar-refractivity contribution in [3.63, 3.8) is 0 Å². The molecular formula is C44H75NO7P+. The smallest absolute Gasteiger partial charge is 0.457 e. The first-order chi connectivity index (χ1) is 25.6. The maximum Gasteiger partial charge on any atom is 0.472 e. The van der Waals surface area contributed by atoms with Crippen LogP contribution >= 0.6 is 7.82 Å². The van der Waals surface area contributed by atoms with Crippen LogP contribution in [0, 0.1) is 0 Å². The number of unbranched alkanes of at least 4 members (excludes halogenated alkanes) is 5. The van der Waals surface area contributed by atoms with Gasteiger partial charge in [0.15, 0.2) is 0 Å². The Morgan fingerprint density at radius 2 is 1.04 bits per heavy atom. The summed E-state index contributed by atoms with van der Waals surface area (Å²) in [6, 6.07) is 0. The van der Waals surface area contributed by atoms with E-state index in [1.807, 2.05) is 21.1 Å². The van der Waals surface area contributed by atoms with Crippen LogP contribution in [0.25, 0.3) is 0 Å². The molecule has 0 bridgehead atoms. The van der Waals surface area contributed by atoms with Gasteiger partial charge in [-0.05, 0) is 83.5 Å². The Morgan fingerprint density at radius 1 is 0.585 bits per heavy atom. The van der Waals surface area contributed by atoms with E-state index in [0.29, 0.717) is 17.6 Å². The van der Waals surface area contributed by atoms with Gasteiger partial charge in [-0.3, -0.25) is 13.8 Å². The molecule has 0 aromatic rings. The number of carbonyl (C=O) groups excluding carboxylic acids is 1. The molecule has 2 unspecified atom stereocenters. The molecule has 0 radical (unpaired) electrons. The van der Waals surface area contributed by atoms with Gasteiger partial charge in [-0.1, -0.05) is 124 Å². The zero-order valence-electron chi connectivity index (χ0n) is 34.0. The lowest BCUT2D eigenvalue weighted by Crippen LogP contribution is -2.37. The molecule has 0 fully saturated rings. The number of esters is 1. The minimum absolute atomic E-state index is 0.0673. The molecule has 0 aromatic heterocycles. The van der Waals surface area contributed by atoms with Crippen molar-refractivity contribution in [1.29, 1.82) is 0 Å². The third kappa shape index (κ3) is 40.4. The standard InChI is InChI=1S/C44H74NO7P/c1-6-8-10-12-14-16-18-20-22-23-24-25-27-29-31-33-35-37-44(46)52-43(42-51-53(47,48)50-40-38-45(3,4)5)41-49-39-36-34-32-30-28-26-21-19-17-15-13-11-9-7-2/h8-11,14-17,20-22,24-26,30,32,43H,6-7,12-13,18-19,23,27-29,31,33-42H2,1-5H3/p+1/b10-8-,11-9-,16-14-,17-15-,22-20-,25-24-,26-21-,32-30-. The number of carbonyl (C=O) groups is 1. The quantitative estimate of drug-likeness (QED) is 0.0226. The van der Waals surface area contributed by atoms with Crippen molar-refractivity contribution >= 4 is 13.8 Å². The van der Waals surface area contributed by atoms with E-state index in [-0.39, 0.29) is 32.2 Å². The van der Waals surface area contributed by atoms with Crippen molar-refractivity contribution in [3.05, 3.63) is 97.2 Å². The number of allylic oxidation sites excluding steroid dienone is 16. The molecule has 0 aliphatic heterocycles. The zero-order chi connectivity index (χ0) is 39.1. The molecule has 302 valence electrons. The summed E-state index contributed by atoms with van der Waals surface area (Å²) in [5.41, 5.74) is 0. The highest BCUT2D eigenvalue weighted by Crippen LogP contribution is 2.43. The fraction of sp³-hybridized carbons (Fsp3) is 0.614. The molecule has 0 saturated carbocycles. The average Bonchev–Trinajstić information content (AvgIpc) is 3.11. The highest BCUT2D eigenvalue weighted by atomic mass is 31.2. The summed E-state index contributed by atoms with van der Waals surface area (Å²) in [6.45, 7) is 5.16. The van der Waals surface area contributed by atoms with E-state index in [1.54, 1.807) is 0 Å². The molecule has 0 rings (SSSR count). The average molecular weight is 761 g/mol. The lowest BCUT2D eigenvalue weighted by atomic mass is 10.1. The number of nitrogens with zero attached hydrogens (tertiary/aromatic N) is 1. The second-order valence-corrected chi connectivity index (χ2v) is 15.3. The summed E-state index contributed by atoms with van der Waals surface area (Å²) in [5, 5.41) is 0. The lowest BCUT2D eigenvalue weighted by Gasteiger charge is -2.24. The molecule has 0 aliphatic rings. The molecule has 8 nitrogen and oxygen atoms in total. The van der Waals surface area contributed by atoms with Crippen LogP contribution in [0.3, 0.4) is 0 Å². The van der Waals surface area contributed by atoms with Gasteiger partial charge in [0.05, 0.1) is 34.4 Å². The maximum atomic E-state index is 12.6. The molecule has 9 heteroatoms. The van der Waals surface area contributed by atoms with E-state index in [4.69, 9.17) is 18.5 Å². The molecule has 0 spiro atoms. The Hall–Kier alpha value is -2.58. The molecule has 0 aromatic carbocycles. The van der Waals surface area contributed by atoms with Gasteiger partial charge in [-0.2, -0.15) is 0 Å². The first kappa shape index (κ1) is 50.4. The molecular weight excluding hydrogens is 685 g/mol. The molecule has 0 aliphatic carbocycles. The van der Waals surface area contributed by atoms with Gasteiger partial charge in [-0.25, -0.2) is 4.57 Å². The van der Waals surface area contributed by atoms with Crippen molar-refractivity contribution in [1.82, 2.24) is 0 Å². The molecule has 1 N–H and O–H groups in total. The van der Waals surface area contributed by atoms with Crippen LogP contribution in [0.15, 0.2) is 97.2 Å². The van der Waals surface area contributed by atoms with E-state index in [9.17, 15) is 14.3 Å². The second kappa shape index (κ2) is 36.4. The van der Waals surface area contributed by atoms with Crippen molar-refractivity contribution < 1.29 is 37.3 Å². The molecule has 0 saturated heterocycles. The SMILES string of the molecule is CC/C=C\C/C=C\C/C=C\C/C=C\CCCCCCC(=O)OC(COCCC/C=C\C/C=C\C/C=C\C/C=C\CC)COP(=O)(O)OCC[N+](C)(C)C. The van der Waals surface area contributed by atoms with Gasteiger partial charge < -0.3 is 18.9 Å². The van der Waals surface area contributed by atoms with Gasteiger partial charge in [0.25, 0.3) is 0 Å². The number of ether oxygens (including phenoxy) is 2. The number of phosphoric acid groups is 1. The van der Waals surface area contributed by atoms with Crippen molar-refractivity contribution in [2.24, 2.45) is 0 Å². The minimum Gasteiger partial charge on any atom is -0.457 e. The summed E-state index contributed by atoms with van der Waals surface area (Å²) in [5.74, 6) is -0.361. The molecule has 53 heavy (non-hydrogen) atoms. The highest BCUT2D eigenvalue weighted by Gasteiger charge is 2.26. The Kier molecular flexibility index (Phi) is 34.6. The number of likely N-dealkylation sites (N-methyl/N-ethyl adjacent to an activating group) is 1. The van der Waals surface area contributed by atoms with Gasteiger partial charge in [0.1, 0.15) is 19.3 Å². The molecule has 2 atom stereocenters. The lowest BCUT2D eigenvalue weighted by molar-refractivity contribution is -0.870. The summed E-state index contributed by atoms with van der Waals surface area (Å²) < 4.78 is 34.8. The van der Waals surface area contributed by atoms with Gasteiger partial charge in [0, 0.05) is 13.0 Å². The van der Waals surface area contributed by atoms with Gasteiger partial charge in [0.2, 0.25) is 0 Å². The Labute approximate surface area is 324 Å². The van der Waals surface area contributed by atoms with Crippen LogP contribution in [0.4, 0.5) is 0 Å². The number of hydrogen-bond donors (Lipinski definition) is 1. The molecule has 0 heterocycles. The van der Waals surface area contributed by atoms with E-state index >= 15 is 0 Å². The normalized spacial score (nSPS) is 14.9. The minimum atomic E-state index is -4.30. The van der Waals surface area contributed by atoms with Crippen LogP contribution in [0.1, 0.15) is 117 Å². The van der Waals surface area contributed by atoms with Gasteiger partial charge in [-0.15, -0.1) is 0 Å². The van der Waals surface area contributed by atoms with E-state index in [0.717, 1.165) is 96.3 Å². The number of hydrogen-bond acceptors (Lipinski definition) is 6. The predicted molar refractivity (Wildman–Crippen MR) is 224 cm³/mol. The Bertz CT molecular complexity index is 1160.